The third-order valence-corrected chi connectivity index (χ3v) is 2.00. The van der Waals surface area contributed by atoms with Crippen molar-refractivity contribution in [2.24, 2.45) is 0 Å². The average molecular weight is 259 g/mol. The number of hydrogen-bond donors (Lipinski definition) is 2. The summed E-state index contributed by atoms with van der Waals surface area (Å²) >= 11 is 0. The van der Waals surface area contributed by atoms with Crippen molar-refractivity contribution in [2.45, 2.75) is 13.0 Å². The molecule has 5 nitrogen and oxygen atoms in total. The number of carboxylic acids is 1. The molecule has 18 heavy (non-hydrogen) atoms. The first-order valence-electron chi connectivity index (χ1n) is 4.98. The zero-order valence-corrected chi connectivity index (χ0v) is 9.44. The van der Waals surface area contributed by atoms with Crippen molar-refractivity contribution in [1.29, 1.82) is 0 Å². The fourth-order valence-corrected chi connectivity index (χ4v) is 1.19. The van der Waals surface area contributed by atoms with Gasteiger partial charge in [0.2, 0.25) is 11.7 Å². The maximum absolute atomic E-state index is 13.2. The lowest BCUT2D eigenvalue weighted by molar-refractivity contribution is -0.142. The molecule has 0 radical (unpaired) electrons. The van der Waals surface area contributed by atoms with E-state index in [0.717, 1.165) is 19.1 Å². The Hall–Kier alpha value is -2.18. The van der Waals surface area contributed by atoms with Gasteiger partial charge in [0, 0.05) is 6.92 Å². The van der Waals surface area contributed by atoms with Crippen molar-refractivity contribution >= 4 is 11.9 Å². The lowest BCUT2D eigenvalue weighted by Gasteiger charge is -2.14. The van der Waals surface area contributed by atoms with Crippen LogP contribution in [0, 0.1) is 11.6 Å². The summed E-state index contributed by atoms with van der Waals surface area (Å²) < 4.78 is 30.8. The van der Waals surface area contributed by atoms with Crippen molar-refractivity contribution in [3.05, 3.63) is 29.8 Å². The van der Waals surface area contributed by atoms with Gasteiger partial charge in [-0.05, 0) is 12.1 Å². The van der Waals surface area contributed by atoms with Gasteiger partial charge < -0.3 is 15.2 Å². The minimum absolute atomic E-state index is 0.411. The van der Waals surface area contributed by atoms with E-state index in [9.17, 15) is 18.4 Å². The third-order valence-electron chi connectivity index (χ3n) is 2.00. The standard InChI is InChI=1S/C11H11F2NO4/c1-6(15)14-8(11(16)17)5-18-9-4-2-3-7(12)10(9)13/h2-4,8H,5H2,1H3,(H,14,15)(H,16,17). The highest BCUT2D eigenvalue weighted by molar-refractivity contribution is 5.82. The largest absolute Gasteiger partial charge is 0.488 e. The Labute approximate surface area is 101 Å². The molecule has 0 bridgehead atoms. The van der Waals surface area contributed by atoms with Crippen LogP contribution in [0.2, 0.25) is 0 Å². The minimum atomic E-state index is -1.33. The Morgan fingerprint density at radius 1 is 1.44 bits per heavy atom. The van der Waals surface area contributed by atoms with Gasteiger partial charge >= 0.3 is 5.97 Å². The second-order valence-electron chi connectivity index (χ2n) is 3.45. The van der Waals surface area contributed by atoms with Gasteiger partial charge in [-0.2, -0.15) is 4.39 Å². The molecule has 0 fully saturated rings. The average Bonchev–Trinajstić information content (AvgIpc) is 2.28. The zero-order valence-electron chi connectivity index (χ0n) is 9.44. The van der Waals surface area contributed by atoms with Crippen molar-refractivity contribution < 1.29 is 28.2 Å². The zero-order chi connectivity index (χ0) is 13.7. The second-order valence-corrected chi connectivity index (χ2v) is 3.45. The lowest BCUT2D eigenvalue weighted by atomic mass is 10.3. The Balaban J connectivity index is 2.70. The summed E-state index contributed by atoms with van der Waals surface area (Å²) in [6.07, 6.45) is 0. The van der Waals surface area contributed by atoms with E-state index in [0.29, 0.717) is 0 Å². The molecule has 98 valence electrons. The summed E-state index contributed by atoms with van der Waals surface area (Å²) in [5.74, 6) is -4.61. The summed E-state index contributed by atoms with van der Waals surface area (Å²) in [5.41, 5.74) is 0. The molecule has 0 aliphatic carbocycles. The highest BCUT2D eigenvalue weighted by Crippen LogP contribution is 2.19. The van der Waals surface area contributed by atoms with Crippen LogP contribution in [0.15, 0.2) is 18.2 Å². The molecule has 1 amide bonds. The number of aliphatic carboxylic acids is 1. The van der Waals surface area contributed by atoms with Crippen LogP contribution in [0.25, 0.3) is 0 Å². The van der Waals surface area contributed by atoms with E-state index in [1.54, 1.807) is 0 Å². The molecule has 0 aromatic heterocycles. The smallest absolute Gasteiger partial charge is 0.329 e. The predicted octanol–water partition coefficient (Wildman–Crippen LogP) is 0.933. The first kappa shape index (κ1) is 13.9. The van der Waals surface area contributed by atoms with Crippen molar-refractivity contribution in [2.75, 3.05) is 6.61 Å². The van der Waals surface area contributed by atoms with Crippen LogP contribution in [0.3, 0.4) is 0 Å². The Morgan fingerprint density at radius 3 is 2.67 bits per heavy atom. The maximum atomic E-state index is 13.2. The van der Waals surface area contributed by atoms with Crippen LogP contribution in [0.4, 0.5) is 8.78 Å². The number of rotatable bonds is 5. The first-order chi connectivity index (χ1) is 8.41. The minimum Gasteiger partial charge on any atom is -0.488 e. The van der Waals surface area contributed by atoms with Gasteiger partial charge in [0.05, 0.1) is 0 Å². The second kappa shape index (κ2) is 5.95. The number of halogens is 2. The van der Waals surface area contributed by atoms with Gasteiger partial charge in [0.15, 0.2) is 17.6 Å². The summed E-state index contributed by atoms with van der Waals surface area (Å²) in [4.78, 5) is 21.5. The van der Waals surface area contributed by atoms with E-state index in [1.807, 2.05) is 0 Å². The molecular formula is C11H11F2NO4. The molecule has 1 aromatic carbocycles. The molecule has 7 heteroatoms. The van der Waals surface area contributed by atoms with Crippen molar-refractivity contribution in [1.82, 2.24) is 5.32 Å². The monoisotopic (exact) mass is 259 g/mol. The summed E-state index contributed by atoms with van der Waals surface area (Å²) in [6, 6.07) is 1.96. The van der Waals surface area contributed by atoms with Crippen molar-refractivity contribution in [3.8, 4) is 5.75 Å². The number of carbonyl (C=O) groups is 2. The van der Waals surface area contributed by atoms with Gasteiger partial charge in [-0.25, -0.2) is 9.18 Å². The summed E-state index contributed by atoms with van der Waals surface area (Å²) in [5, 5.41) is 10.9. The van der Waals surface area contributed by atoms with Crippen LogP contribution >= 0.6 is 0 Å². The molecule has 1 atom stereocenters. The van der Waals surface area contributed by atoms with Gasteiger partial charge in [-0.3, -0.25) is 4.79 Å². The SMILES string of the molecule is CC(=O)NC(COc1cccc(F)c1F)C(=O)O. The molecule has 0 heterocycles. The normalized spacial score (nSPS) is 11.7. The molecule has 0 aliphatic rings. The van der Waals surface area contributed by atoms with Crippen molar-refractivity contribution in [3.63, 3.8) is 0 Å². The van der Waals surface area contributed by atoms with Crippen LogP contribution in [0.5, 0.6) is 5.75 Å². The quantitative estimate of drug-likeness (QED) is 0.825. The predicted molar refractivity (Wildman–Crippen MR) is 57.1 cm³/mol. The van der Waals surface area contributed by atoms with E-state index in [2.05, 4.69) is 5.32 Å². The van der Waals surface area contributed by atoms with E-state index in [1.165, 1.54) is 6.07 Å². The molecule has 0 spiro atoms. The molecule has 0 aliphatic heterocycles. The molecule has 1 aromatic rings. The van der Waals surface area contributed by atoms with E-state index >= 15 is 0 Å². The fraction of sp³-hybridized carbons (Fsp3) is 0.273. The molecule has 2 N–H and O–H groups in total. The number of hydrogen-bond acceptors (Lipinski definition) is 3. The van der Waals surface area contributed by atoms with E-state index in [-0.39, 0.29) is 0 Å². The number of carbonyl (C=O) groups excluding carboxylic acids is 1. The summed E-state index contributed by atoms with van der Waals surface area (Å²) in [6.45, 7) is 0.633. The van der Waals surface area contributed by atoms with Crippen LogP contribution in [-0.2, 0) is 9.59 Å². The highest BCUT2D eigenvalue weighted by atomic mass is 19.2. The highest BCUT2D eigenvalue weighted by Gasteiger charge is 2.20. The Morgan fingerprint density at radius 2 is 2.11 bits per heavy atom. The topological polar surface area (TPSA) is 75.6 Å². The van der Waals surface area contributed by atoms with E-state index in [4.69, 9.17) is 9.84 Å². The number of nitrogens with one attached hydrogen (secondary N) is 1. The summed E-state index contributed by atoms with van der Waals surface area (Å²) in [7, 11) is 0. The number of benzene rings is 1. The Kier molecular flexibility index (Phi) is 4.59. The van der Waals surface area contributed by atoms with Gasteiger partial charge in [0.25, 0.3) is 0 Å². The molecule has 1 unspecified atom stereocenters. The number of ether oxygens (including phenoxy) is 1. The van der Waals surface area contributed by atoms with Crippen LogP contribution < -0.4 is 10.1 Å². The molecule has 0 saturated heterocycles. The van der Waals surface area contributed by atoms with E-state index < -0.39 is 41.9 Å². The van der Waals surface area contributed by atoms with Gasteiger partial charge in [-0.15, -0.1) is 0 Å². The number of amides is 1. The number of carboxylic acid groups (broad SMARTS) is 1. The fourth-order valence-electron chi connectivity index (χ4n) is 1.19. The van der Waals surface area contributed by atoms with Crippen LogP contribution in [-0.4, -0.2) is 29.6 Å². The molecule has 0 saturated carbocycles. The third kappa shape index (κ3) is 3.69. The molecule has 1 rings (SSSR count). The first-order valence-corrected chi connectivity index (χ1v) is 4.98. The Bertz CT molecular complexity index is 464. The lowest BCUT2D eigenvalue weighted by Crippen LogP contribution is -2.43. The van der Waals surface area contributed by atoms with Gasteiger partial charge in [0.1, 0.15) is 6.61 Å². The maximum Gasteiger partial charge on any atom is 0.329 e. The van der Waals surface area contributed by atoms with Gasteiger partial charge in [-0.1, -0.05) is 6.07 Å². The molecular weight excluding hydrogens is 248 g/mol. The van der Waals surface area contributed by atoms with Crippen LogP contribution in [0.1, 0.15) is 6.92 Å².